The molecule has 0 bridgehead atoms. The van der Waals surface area contributed by atoms with Gasteiger partial charge in [0.1, 0.15) is 0 Å². The number of aliphatic carboxylic acids is 1. The standard InChI is InChI=1S/C6H12O3.Na/c7-5-3-1-2-4-6(8)9;/h7H,1-5H2,(H,8,9);/q;+1. The summed E-state index contributed by atoms with van der Waals surface area (Å²) in [4.78, 5) is 9.90. The molecule has 0 rings (SSSR count). The third kappa shape index (κ3) is 11.3. The van der Waals surface area contributed by atoms with Gasteiger partial charge in [-0.1, -0.05) is 6.42 Å². The minimum Gasteiger partial charge on any atom is -0.481 e. The van der Waals surface area contributed by atoms with Crippen molar-refractivity contribution < 1.29 is 44.6 Å². The Kier molecular flexibility index (Phi) is 12.3. The van der Waals surface area contributed by atoms with Crippen LogP contribution in [0, 0.1) is 0 Å². The number of rotatable bonds is 5. The van der Waals surface area contributed by atoms with E-state index in [0.717, 1.165) is 6.42 Å². The summed E-state index contributed by atoms with van der Waals surface area (Å²) in [7, 11) is 0. The topological polar surface area (TPSA) is 57.5 Å². The molecule has 0 heterocycles. The minimum absolute atomic E-state index is 0. The molecular weight excluding hydrogens is 143 g/mol. The number of hydrogen-bond donors (Lipinski definition) is 2. The van der Waals surface area contributed by atoms with E-state index < -0.39 is 5.97 Å². The Hall–Kier alpha value is 0.430. The normalized spacial score (nSPS) is 8.50. The summed E-state index contributed by atoms with van der Waals surface area (Å²) in [6.07, 6.45) is 2.42. The van der Waals surface area contributed by atoms with Gasteiger partial charge in [-0.3, -0.25) is 4.79 Å². The van der Waals surface area contributed by atoms with Gasteiger partial charge in [-0.2, -0.15) is 0 Å². The first-order valence-corrected chi connectivity index (χ1v) is 3.10. The van der Waals surface area contributed by atoms with E-state index in [4.69, 9.17) is 10.2 Å². The molecular formula is C6H12NaO3+. The van der Waals surface area contributed by atoms with Gasteiger partial charge >= 0.3 is 35.5 Å². The summed E-state index contributed by atoms with van der Waals surface area (Å²) in [6, 6.07) is 0. The van der Waals surface area contributed by atoms with Crippen molar-refractivity contribution in [2.24, 2.45) is 0 Å². The third-order valence-corrected chi connectivity index (χ3v) is 1.05. The van der Waals surface area contributed by atoms with Crippen LogP contribution in [0.2, 0.25) is 0 Å². The van der Waals surface area contributed by atoms with Gasteiger partial charge in [0.05, 0.1) is 0 Å². The zero-order chi connectivity index (χ0) is 7.11. The van der Waals surface area contributed by atoms with Crippen molar-refractivity contribution in [1.29, 1.82) is 0 Å². The number of aliphatic hydroxyl groups excluding tert-OH is 1. The molecule has 2 N–H and O–H groups in total. The summed E-state index contributed by atoms with van der Waals surface area (Å²) in [5, 5.41) is 16.4. The van der Waals surface area contributed by atoms with E-state index in [-0.39, 0.29) is 42.6 Å². The molecule has 54 valence electrons. The molecule has 3 nitrogen and oxygen atoms in total. The minimum atomic E-state index is -0.757. The molecule has 4 heteroatoms. The maximum absolute atomic E-state index is 9.90. The first kappa shape index (κ1) is 13.1. The molecule has 0 fully saturated rings. The zero-order valence-corrected chi connectivity index (χ0v) is 8.34. The molecule has 0 spiro atoms. The Morgan fingerprint density at radius 2 is 1.80 bits per heavy atom. The van der Waals surface area contributed by atoms with Gasteiger partial charge in [0.25, 0.3) is 0 Å². The third-order valence-electron chi connectivity index (χ3n) is 1.05. The number of aliphatic hydroxyl groups is 1. The van der Waals surface area contributed by atoms with Crippen molar-refractivity contribution >= 4 is 5.97 Å². The second-order valence-corrected chi connectivity index (χ2v) is 1.93. The maximum atomic E-state index is 9.90. The van der Waals surface area contributed by atoms with Crippen LogP contribution in [-0.2, 0) is 4.79 Å². The van der Waals surface area contributed by atoms with Crippen molar-refractivity contribution in [1.82, 2.24) is 0 Å². The largest absolute Gasteiger partial charge is 1.00 e. The van der Waals surface area contributed by atoms with Crippen LogP contribution in [0.3, 0.4) is 0 Å². The number of hydrogen-bond acceptors (Lipinski definition) is 2. The molecule has 10 heavy (non-hydrogen) atoms. The number of carbonyl (C=O) groups is 1. The van der Waals surface area contributed by atoms with Gasteiger partial charge in [0.15, 0.2) is 0 Å². The molecule has 0 aromatic heterocycles. The van der Waals surface area contributed by atoms with E-state index in [1.807, 2.05) is 0 Å². The molecule has 0 saturated heterocycles. The van der Waals surface area contributed by atoms with E-state index >= 15 is 0 Å². The molecule has 0 radical (unpaired) electrons. The fraction of sp³-hybridized carbons (Fsp3) is 0.833. The fourth-order valence-corrected chi connectivity index (χ4v) is 0.565. The maximum Gasteiger partial charge on any atom is 1.00 e. The van der Waals surface area contributed by atoms with Gasteiger partial charge in [0.2, 0.25) is 0 Å². The van der Waals surface area contributed by atoms with Crippen LogP contribution in [0.4, 0.5) is 0 Å². The van der Waals surface area contributed by atoms with E-state index in [9.17, 15) is 4.79 Å². The molecule has 0 unspecified atom stereocenters. The molecule has 0 aliphatic heterocycles. The quantitative estimate of drug-likeness (QED) is 0.344. The fourth-order valence-electron chi connectivity index (χ4n) is 0.565. The Bertz CT molecular complexity index is 85.1. The van der Waals surface area contributed by atoms with Crippen LogP contribution in [-0.4, -0.2) is 22.8 Å². The Labute approximate surface area is 82.7 Å². The van der Waals surface area contributed by atoms with E-state index in [2.05, 4.69) is 0 Å². The first-order chi connectivity index (χ1) is 4.27. The molecule has 0 aliphatic carbocycles. The summed E-state index contributed by atoms with van der Waals surface area (Å²) in [5.41, 5.74) is 0. The van der Waals surface area contributed by atoms with Crippen LogP contribution in [0.25, 0.3) is 0 Å². The summed E-state index contributed by atoms with van der Waals surface area (Å²) in [6.45, 7) is 0.166. The van der Waals surface area contributed by atoms with Gasteiger partial charge < -0.3 is 10.2 Å². The predicted octanol–water partition coefficient (Wildman–Crippen LogP) is -2.37. The SMILES string of the molecule is O=C(O)CCCCCO.[Na+]. The molecule has 0 aliphatic rings. The zero-order valence-electron chi connectivity index (χ0n) is 6.34. The van der Waals surface area contributed by atoms with Crippen LogP contribution in [0.15, 0.2) is 0 Å². The van der Waals surface area contributed by atoms with Gasteiger partial charge in [-0.25, -0.2) is 0 Å². The molecule has 0 amide bonds. The monoisotopic (exact) mass is 155 g/mol. The summed E-state index contributed by atoms with van der Waals surface area (Å²) >= 11 is 0. The van der Waals surface area contributed by atoms with Crippen LogP contribution in [0.5, 0.6) is 0 Å². The van der Waals surface area contributed by atoms with Crippen LogP contribution in [0.1, 0.15) is 25.7 Å². The predicted molar refractivity (Wildman–Crippen MR) is 33.2 cm³/mol. The average molecular weight is 155 g/mol. The van der Waals surface area contributed by atoms with Crippen molar-refractivity contribution in [3.8, 4) is 0 Å². The number of carboxylic acid groups (broad SMARTS) is 1. The van der Waals surface area contributed by atoms with Gasteiger partial charge in [-0.15, -0.1) is 0 Å². The van der Waals surface area contributed by atoms with Crippen molar-refractivity contribution in [3.05, 3.63) is 0 Å². The van der Waals surface area contributed by atoms with E-state index in [0.29, 0.717) is 12.8 Å². The molecule has 0 aromatic carbocycles. The van der Waals surface area contributed by atoms with Crippen LogP contribution >= 0.6 is 0 Å². The molecule has 0 atom stereocenters. The van der Waals surface area contributed by atoms with Crippen molar-refractivity contribution in [3.63, 3.8) is 0 Å². The smallest absolute Gasteiger partial charge is 0.481 e. The van der Waals surface area contributed by atoms with Crippen molar-refractivity contribution in [2.45, 2.75) is 25.7 Å². The Morgan fingerprint density at radius 3 is 2.20 bits per heavy atom. The number of carboxylic acids is 1. The first-order valence-electron chi connectivity index (χ1n) is 3.10. The molecule has 0 aromatic rings. The van der Waals surface area contributed by atoms with Gasteiger partial charge in [0, 0.05) is 13.0 Å². The molecule has 0 saturated carbocycles. The second-order valence-electron chi connectivity index (χ2n) is 1.93. The van der Waals surface area contributed by atoms with Gasteiger partial charge in [-0.05, 0) is 12.8 Å². The Balaban J connectivity index is 0. The second kappa shape index (κ2) is 9.43. The summed E-state index contributed by atoms with van der Waals surface area (Å²) in [5.74, 6) is -0.757. The van der Waals surface area contributed by atoms with Crippen molar-refractivity contribution in [2.75, 3.05) is 6.61 Å². The van der Waals surface area contributed by atoms with E-state index in [1.165, 1.54) is 0 Å². The number of unbranched alkanes of at least 4 members (excludes halogenated alkanes) is 2. The Morgan fingerprint density at radius 1 is 1.20 bits per heavy atom. The summed E-state index contributed by atoms with van der Waals surface area (Å²) < 4.78 is 0. The van der Waals surface area contributed by atoms with Crippen LogP contribution < -0.4 is 29.6 Å². The average Bonchev–Trinajstić information content (AvgIpc) is 1.80. The van der Waals surface area contributed by atoms with E-state index in [1.54, 1.807) is 0 Å².